The summed E-state index contributed by atoms with van der Waals surface area (Å²) in [5.41, 5.74) is 3.46. The van der Waals surface area contributed by atoms with Crippen molar-refractivity contribution in [3.63, 3.8) is 0 Å². The number of nitrogens with zero attached hydrogens (tertiary/aromatic N) is 3. The molecule has 0 radical (unpaired) electrons. The molecule has 0 atom stereocenters. The Hall–Kier alpha value is -2.90. The first-order chi connectivity index (χ1) is 12.4. The lowest BCUT2D eigenvalue weighted by Gasteiger charge is -2.10. The van der Waals surface area contributed by atoms with Gasteiger partial charge in [-0.15, -0.1) is 0 Å². The molecule has 0 saturated heterocycles. The minimum atomic E-state index is 0.0684. The number of aliphatic hydroxyl groups excluding tert-OH is 1. The van der Waals surface area contributed by atoms with Crippen molar-refractivity contribution >= 4 is 0 Å². The van der Waals surface area contributed by atoms with Gasteiger partial charge < -0.3 is 9.67 Å². The molecule has 0 saturated carbocycles. The van der Waals surface area contributed by atoms with Crippen LogP contribution in [-0.4, -0.2) is 26.2 Å². The van der Waals surface area contributed by atoms with Crippen LogP contribution in [0.2, 0.25) is 0 Å². The molecule has 1 N–H and O–H groups in total. The molecule has 1 aromatic carbocycles. The highest BCUT2D eigenvalue weighted by molar-refractivity contribution is 5.59. The lowest BCUT2D eigenvalue weighted by Crippen LogP contribution is -2.05. The van der Waals surface area contributed by atoms with Gasteiger partial charge in [0.15, 0.2) is 5.82 Å². The molecular weight excluding hydrogens is 310 g/mol. The number of aliphatic hydroxyl groups is 1. The molecule has 4 heteroatoms. The summed E-state index contributed by atoms with van der Waals surface area (Å²) in [6.45, 7) is 0.911. The van der Waals surface area contributed by atoms with E-state index in [0.717, 1.165) is 36.5 Å². The van der Waals surface area contributed by atoms with Crippen LogP contribution in [0.4, 0.5) is 0 Å². The summed E-state index contributed by atoms with van der Waals surface area (Å²) in [4.78, 5) is 8.56. The zero-order chi connectivity index (χ0) is 17.3. The van der Waals surface area contributed by atoms with E-state index in [1.165, 1.54) is 5.56 Å². The minimum Gasteiger partial charge on any atom is -0.395 e. The Balaban J connectivity index is 1.81. The predicted octanol–water partition coefficient (Wildman–Crippen LogP) is 3.31. The van der Waals surface area contributed by atoms with Crippen LogP contribution in [0.5, 0.6) is 0 Å². The topological polar surface area (TPSA) is 50.9 Å². The summed E-state index contributed by atoms with van der Waals surface area (Å²) in [5, 5.41) is 8.93. The largest absolute Gasteiger partial charge is 0.395 e. The van der Waals surface area contributed by atoms with Crippen LogP contribution in [0, 0.1) is 11.8 Å². The summed E-state index contributed by atoms with van der Waals surface area (Å²) < 4.78 is 2.16. The Morgan fingerprint density at radius 2 is 1.84 bits per heavy atom. The number of hydrogen-bond acceptors (Lipinski definition) is 3. The van der Waals surface area contributed by atoms with E-state index in [4.69, 9.17) is 5.11 Å². The van der Waals surface area contributed by atoms with E-state index in [2.05, 4.69) is 50.6 Å². The molecule has 0 aliphatic heterocycles. The summed E-state index contributed by atoms with van der Waals surface area (Å²) in [5.74, 6) is 6.79. The lowest BCUT2D eigenvalue weighted by atomic mass is 10.1. The van der Waals surface area contributed by atoms with Gasteiger partial charge in [0, 0.05) is 30.9 Å². The maximum Gasteiger partial charge on any atom is 0.185 e. The monoisotopic (exact) mass is 331 g/mol. The Kier molecular flexibility index (Phi) is 5.97. The van der Waals surface area contributed by atoms with Crippen molar-refractivity contribution in [1.82, 2.24) is 14.5 Å². The van der Waals surface area contributed by atoms with Crippen molar-refractivity contribution in [2.75, 3.05) is 6.61 Å². The molecule has 0 aliphatic rings. The molecule has 25 heavy (non-hydrogen) atoms. The van der Waals surface area contributed by atoms with Gasteiger partial charge in [0.05, 0.1) is 18.5 Å². The molecule has 0 bridgehead atoms. The second-order valence-corrected chi connectivity index (χ2v) is 5.72. The van der Waals surface area contributed by atoms with Gasteiger partial charge in [0.25, 0.3) is 0 Å². The van der Waals surface area contributed by atoms with E-state index in [-0.39, 0.29) is 6.61 Å². The van der Waals surface area contributed by atoms with E-state index in [9.17, 15) is 0 Å². The third-order valence-electron chi connectivity index (χ3n) is 3.96. The highest BCUT2D eigenvalue weighted by Crippen LogP contribution is 2.20. The third kappa shape index (κ3) is 4.56. The van der Waals surface area contributed by atoms with Crippen molar-refractivity contribution in [2.45, 2.75) is 25.8 Å². The molecule has 0 fully saturated rings. The Bertz CT molecular complexity index is 845. The van der Waals surface area contributed by atoms with Gasteiger partial charge >= 0.3 is 0 Å². The molecule has 3 rings (SSSR count). The SMILES string of the molecule is OCCC#Cc1ncc(-c2ccncc2)n1CCCc1ccccc1. The molecule has 0 spiro atoms. The average Bonchev–Trinajstić information content (AvgIpc) is 3.06. The van der Waals surface area contributed by atoms with Crippen molar-refractivity contribution in [1.29, 1.82) is 0 Å². The lowest BCUT2D eigenvalue weighted by molar-refractivity contribution is 0.305. The number of pyridine rings is 1. The van der Waals surface area contributed by atoms with E-state index < -0.39 is 0 Å². The number of rotatable bonds is 6. The van der Waals surface area contributed by atoms with Crippen molar-refractivity contribution < 1.29 is 5.11 Å². The molecule has 0 unspecified atom stereocenters. The van der Waals surface area contributed by atoms with Gasteiger partial charge in [0.2, 0.25) is 0 Å². The summed E-state index contributed by atoms with van der Waals surface area (Å²) in [6.07, 6.45) is 7.91. The Morgan fingerprint density at radius 1 is 1.04 bits per heavy atom. The van der Waals surface area contributed by atoms with Gasteiger partial charge in [-0.1, -0.05) is 36.3 Å². The van der Waals surface area contributed by atoms with Gasteiger partial charge in [-0.05, 0) is 36.5 Å². The second-order valence-electron chi connectivity index (χ2n) is 5.72. The first-order valence-corrected chi connectivity index (χ1v) is 8.48. The second kappa shape index (κ2) is 8.81. The van der Waals surface area contributed by atoms with E-state index in [1.54, 1.807) is 12.4 Å². The highest BCUT2D eigenvalue weighted by Gasteiger charge is 2.10. The quantitative estimate of drug-likeness (QED) is 0.705. The minimum absolute atomic E-state index is 0.0684. The molecule has 3 aromatic rings. The molecule has 0 aliphatic carbocycles. The van der Waals surface area contributed by atoms with Crippen LogP contribution in [0.15, 0.2) is 61.1 Å². The molecule has 4 nitrogen and oxygen atoms in total. The maximum absolute atomic E-state index is 8.93. The van der Waals surface area contributed by atoms with Gasteiger partial charge in [-0.25, -0.2) is 4.98 Å². The standard InChI is InChI=1S/C21H21N3O/c25-16-5-4-10-21-23-17-20(19-11-13-22-14-12-19)24(21)15-6-9-18-7-2-1-3-8-18/h1-3,7-8,11-14,17,25H,5-6,9,15-16H2. The van der Waals surface area contributed by atoms with Crippen LogP contribution >= 0.6 is 0 Å². The fourth-order valence-corrected chi connectivity index (χ4v) is 2.74. The van der Waals surface area contributed by atoms with Crippen LogP contribution in [0.1, 0.15) is 24.2 Å². The number of benzene rings is 1. The number of aryl methyl sites for hydroxylation is 1. The smallest absolute Gasteiger partial charge is 0.185 e. The molecular formula is C21H21N3O. The zero-order valence-electron chi connectivity index (χ0n) is 14.1. The Morgan fingerprint density at radius 3 is 2.60 bits per heavy atom. The summed E-state index contributed by atoms with van der Waals surface area (Å²) in [7, 11) is 0. The van der Waals surface area contributed by atoms with Crippen molar-refractivity contribution in [2.24, 2.45) is 0 Å². The van der Waals surface area contributed by atoms with Gasteiger partial charge in [-0.2, -0.15) is 0 Å². The molecule has 2 heterocycles. The van der Waals surface area contributed by atoms with Crippen LogP contribution in [-0.2, 0) is 13.0 Å². The Labute approximate surface area is 148 Å². The van der Waals surface area contributed by atoms with Crippen molar-refractivity contribution in [3.8, 4) is 23.1 Å². The number of aromatic nitrogens is 3. The number of hydrogen-bond donors (Lipinski definition) is 1. The van der Waals surface area contributed by atoms with Gasteiger partial charge in [0.1, 0.15) is 0 Å². The molecule has 0 amide bonds. The van der Waals surface area contributed by atoms with Crippen LogP contribution < -0.4 is 0 Å². The fraction of sp³-hybridized carbons (Fsp3) is 0.238. The molecule has 2 aromatic heterocycles. The van der Waals surface area contributed by atoms with Crippen LogP contribution in [0.3, 0.4) is 0 Å². The predicted molar refractivity (Wildman–Crippen MR) is 98.8 cm³/mol. The fourth-order valence-electron chi connectivity index (χ4n) is 2.74. The normalized spacial score (nSPS) is 10.3. The first-order valence-electron chi connectivity index (χ1n) is 8.48. The third-order valence-corrected chi connectivity index (χ3v) is 3.96. The average molecular weight is 331 g/mol. The zero-order valence-corrected chi connectivity index (χ0v) is 14.1. The first kappa shape index (κ1) is 16.9. The van der Waals surface area contributed by atoms with Crippen LogP contribution in [0.25, 0.3) is 11.3 Å². The number of imidazole rings is 1. The van der Waals surface area contributed by atoms with E-state index in [0.29, 0.717) is 6.42 Å². The summed E-state index contributed by atoms with van der Waals surface area (Å²) >= 11 is 0. The van der Waals surface area contributed by atoms with Crippen molar-refractivity contribution in [3.05, 3.63) is 72.4 Å². The van der Waals surface area contributed by atoms with Gasteiger partial charge in [-0.3, -0.25) is 4.98 Å². The maximum atomic E-state index is 8.93. The highest BCUT2D eigenvalue weighted by atomic mass is 16.2. The molecule has 126 valence electrons. The van der Waals surface area contributed by atoms with E-state index >= 15 is 0 Å². The van der Waals surface area contributed by atoms with E-state index in [1.807, 2.05) is 24.4 Å². The summed E-state index contributed by atoms with van der Waals surface area (Å²) in [6, 6.07) is 14.4.